The molecule has 1 unspecified atom stereocenters. The molecule has 2 aromatic heterocycles. The monoisotopic (exact) mass is 579 g/mol. The van der Waals surface area contributed by atoms with Crippen molar-refractivity contribution < 1.29 is 40.7 Å². The van der Waals surface area contributed by atoms with Gasteiger partial charge in [0.2, 0.25) is 17.8 Å². The second-order valence-corrected chi connectivity index (χ2v) is 11.3. The fourth-order valence-electron chi connectivity index (χ4n) is 4.46. The Morgan fingerprint density at radius 2 is 1.75 bits per heavy atom. The average Bonchev–Trinajstić information content (AvgIpc) is 3.21. The van der Waals surface area contributed by atoms with Crippen LogP contribution >= 0.6 is 0 Å². The van der Waals surface area contributed by atoms with Crippen molar-refractivity contribution >= 4 is 17.6 Å². The molecule has 224 valence electrons. The molecule has 0 spiro atoms. The Bertz CT molecular complexity index is 1150. The maximum atomic E-state index is 13.6. The molecule has 0 bridgehead atoms. The number of carbonyl (C=O) groups is 2. The highest BCUT2D eigenvalue weighted by molar-refractivity contribution is 5.77. The molecular formula is C26H35F6N5O3. The molecule has 2 saturated carbocycles. The van der Waals surface area contributed by atoms with Crippen LogP contribution in [0, 0.1) is 5.92 Å². The average molecular weight is 580 g/mol. The van der Waals surface area contributed by atoms with Gasteiger partial charge in [0.25, 0.3) is 6.43 Å². The van der Waals surface area contributed by atoms with Crippen molar-refractivity contribution in [3.8, 4) is 0 Å². The molecule has 1 atom stereocenters. The van der Waals surface area contributed by atoms with Crippen molar-refractivity contribution in [2.45, 2.75) is 109 Å². The number of fused-ring (bicyclic) bond motifs is 1. The van der Waals surface area contributed by atoms with Crippen LogP contribution in [-0.4, -0.2) is 50.5 Å². The highest BCUT2D eigenvalue weighted by atomic mass is 19.3. The minimum Gasteiger partial charge on any atom is -0.444 e. The molecular weight excluding hydrogens is 544 g/mol. The first-order valence-corrected chi connectivity index (χ1v) is 13.2. The van der Waals surface area contributed by atoms with Crippen molar-refractivity contribution in [3.63, 3.8) is 0 Å². The molecule has 2 heterocycles. The van der Waals surface area contributed by atoms with Crippen molar-refractivity contribution in [2.24, 2.45) is 5.92 Å². The first-order chi connectivity index (χ1) is 18.5. The predicted molar refractivity (Wildman–Crippen MR) is 133 cm³/mol. The maximum Gasteiger partial charge on any atom is 0.407 e. The van der Waals surface area contributed by atoms with Gasteiger partial charge < -0.3 is 15.4 Å². The quantitative estimate of drug-likeness (QED) is 0.381. The lowest BCUT2D eigenvalue weighted by molar-refractivity contribution is -0.135. The minimum absolute atomic E-state index is 0.0250. The Kier molecular flexibility index (Phi) is 9.94. The Labute approximate surface area is 228 Å². The van der Waals surface area contributed by atoms with Crippen molar-refractivity contribution in [1.29, 1.82) is 0 Å². The summed E-state index contributed by atoms with van der Waals surface area (Å²) >= 11 is 0. The zero-order valence-corrected chi connectivity index (χ0v) is 22.7. The third kappa shape index (κ3) is 9.84. The van der Waals surface area contributed by atoms with Gasteiger partial charge in [-0.05, 0) is 45.6 Å². The van der Waals surface area contributed by atoms with Crippen molar-refractivity contribution in [3.05, 3.63) is 29.7 Å². The fraction of sp³-hybridized carbons (Fsp3) is 0.692. The second kappa shape index (κ2) is 12.6. The number of nitrogens with zero attached hydrogens (tertiary/aromatic N) is 3. The molecule has 0 saturated heterocycles. The van der Waals surface area contributed by atoms with Crippen molar-refractivity contribution in [1.82, 2.24) is 25.2 Å². The largest absolute Gasteiger partial charge is 0.444 e. The van der Waals surface area contributed by atoms with Gasteiger partial charge in [0.15, 0.2) is 5.65 Å². The van der Waals surface area contributed by atoms with E-state index in [1.807, 2.05) is 0 Å². The Morgan fingerprint density at radius 1 is 1.10 bits per heavy atom. The van der Waals surface area contributed by atoms with E-state index in [0.717, 1.165) is 6.42 Å². The topological polar surface area (TPSA) is 97.6 Å². The van der Waals surface area contributed by atoms with Crippen LogP contribution < -0.4 is 10.6 Å². The summed E-state index contributed by atoms with van der Waals surface area (Å²) in [5.74, 6) is -6.34. The Balaban J connectivity index is 0.000000472. The zero-order valence-electron chi connectivity index (χ0n) is 22.7. The molecule has 14 heteroatoms. The van der Waals surface area contributed by atoms with Gasteiger partial charge in [0.1, 0.15) is 11.6 Å². The molecule has 2 N–H and O–H groups in total. The molecule has 8 nitrogen and oxygen atoms in total. The number of hydrogen-bond acceptors (Lipinski definition) is 5. The van der Waals surface area contributed by atoms with Crippen LogP contribution in [0.25, 0.3) is 5.65 Å². The molecule has 40 heavy (non-hydrogen) atoms. The number of carbonyl (C=O) groups excluding carboxylic acids is 2. The molecule has 2 aliphatic carbocycles. The molecule has 2 aliphatic rings. The Hall–Kier alpha value is -3.06. The van der Waals surface area contributed by atoms with Crippen LogP contribution in [0.4, 0.5) is 31.1 Å². The van der Waals surface area contributed by atoms with Gasteiger partial charge in [-0.1, -0.05) is 6.42 Å². The van der Waals surface area contributed by atoms with Crippen LogP contribution in [0.2, 0.25) is 0 Å². The number of nitrogens with one attached hydrogen (secondary N) is 2. The number of imidazole rings is 1. The summed E-state index contributed by atoms with van der Waals surface area (Å²) in [7, 11) is 0. The number of amides is 2. The first-order valence-electron chi connectivity index (χ1n) is 13.2. The highest BCUT2D eigenvalue weighted by Crippen LogP contribution is 2.44. The standard InChI is InChI=1S/C20H25F4N5O3.C6H10F2/c1-19(2,3)32-18(31)25-9-13-10-29-14(27-13)5-12(8-26-29)16(17(21)22)28-15(30)4-11-6-20(23,24)7-11;7-6(8)4-2-1-3-5-6/h5,8,10-11,16-17H,4,6-7,9H2,1-3H3,(H,25,31)(H,28,30);1-5H2. The van der Waals surface area contributed by atoms with Gasteiger partial charge in [0.05, 0.1) is 24.6 Å². The van der Waals surface area contributed by atoms with Crippen LogP contribution in [0.5, 0.6) is 0 Å². The lowest BCUT2D eigenvalue weighted by atomic mass is 9.79. The van der Waals surface area contributed by atoms with Crippen LogP contribution in [-0.2, 0) is 16.1 Å². The number of rotatable bonds is 7. The molecule has 2 fully saturated rings. The lowest BCUT2D eigenvalue weighted by Crippen LogP contribution is -2.40. The summed E-state index contributed by atoms with van der Waals surface area (Å²) in [6, 6.07) is -0.306. The number of hydrogen-bond donors (Lipinski definition) is 2. The highest BCUT2D eigenvalue weighted by Gasteiger charge is 2.46. The van der Waals surface area contributed by atoms with Gasteiger partial charge in [-0.25, -0.2) is 40.6 Å². The van der Waals surface area contributed by atoms with Crippen molar-refractivity contribution in [2.75, 3.05) is 0 Å². The lowest BCUT2D eigenvalue weighted by Gasteiger charge is -2.34. The summed E-state index contributed by atoms with van der Waals surface area (Å²) in [6.07, 6.45) is 0.719. The maximum absolute atomic E-state index is 13.6. The van der Waals surface area contributed by atoms with Gasteiger partial charge in [-0.3, -0.25) is 4.79 Å². The van der Waals surface area contributed by atoms with Gasteiger partial charge in [-0.15, -0.1) is 0 Å². The van der Waals surface area contributed by atoms with Gasteiger partial charge in [-0.2, -0.15) is 5.10 Å². The van der Waals surface area contributed by atoms with E-state index in [9.17, 15) is 35.9 Å². The summed E-state index contributed by atoms with van der Waals surface area (Å²) in [4.78, 5) is 28.1. The molecule has 4 rings (SSSR count). The number of halogens is 6. The van der Waals surface area contributed by atoms with E-state index < -0.39 is 60.7 Å². The molecule has 0 aromatic carbocycles. The minimum atomic E-state index is -2.94. The normalized spacial score (nSPS) is 19.2. The first kappa shape index (κ1) is 31.5. The summed E-state index contributed by atoms with van der Waals surface area (Å²) in [5, 5.41) is 8.78. The molecule has 0 radical (unpaired) electrons. The zero-order chi connectivity index (χ0) is 29.7. The van der Waals surface area contributed by atoms with E-state index in [2.05, 4.69) is 20.7 Å². The summed E-state index contributed by atoms with van der Waals surface area (Å²) < 4.78 is 83.9. The molecule has 2 aromatic rings. The molecule has 0 aliphatic heterocycles. The SMILES string of the molecule is CC(C)(C)OC(=O)NCc1cn2ncc(C(NC(=O)CC3CC(F)(F)C3)C(F)F)cc2n1.FC1(F)CCCCC1. The van der Waals surface area contributed by atoms with E-state index in [-0.39, 0.29) is 37.0 Å². The van der Waals surface area contributed by atoms with Gasteiger partial charge in [0, 0.05) is 37.7 Å². The van der Waals surface area contributed by atoms with E-state index >= 15 is 0 Å². The number of ether oxygens (including phenoxy) is 1. The number of aromatic nitrogens is 3. The Morgan fingerprint density at radius 3 is 2.27 bits per heavy atom. The fourth-order valence-corrected chi connectivity index (χ4v) is 4.46. The number of alkyl carbamates (subject to hydrolysis) is 1. The number of alkyl halides is 6. The third-order valence-corrected chi connectivity index (χ3v) is 6.37. The van der Waals surface area contributed by atoms with E-state index in [1.165, 1.54) is 23.0 Å². The van der Waals surface area contributed by atoms with E-state index in [4.69, 9.17) is 4.74 Å². The van der Waals surface area contributed by atoms with E-state index in [1.54, 1.807) is 20.8 Å². The van der Waals surface area contributed by atoms with Crippen LogP contribution in [0.3, 0.4) is 0 Å². The summed E-state index contributed by atoms with van der Waals surface area (Å²) in [6.45, 7) is 5.21. The summed E-state index contributed by atoms with van der Waals surface area (Å²) in [5.41, 5.74) is 0.0244. The van der Waals surface area contributed by atoms with E-state index in [0.29, 0.717) is 18.5 Å². The van der Waals surface area contributed by atoms with Crippen LogP contribution in [0.15, 0.2) is 18.5 Å². The predicted octanol–water partition coefficient (Wildman–Crippen LogP) is 6.20. The van der Waals surface area contributed by atoms with Gasteiger partial charge >= 0.3 is 6.09 Å². The second-order valence-electron chi connectivity index (χ2n) is 11.3. The molecule has 2 amide bonds. The third-order valence-electron chi connectivity index (χ3n) is 6.37. The van der Waals surface area contributed by atoms with Crippen LogP contribution in [0.1, 0.15) is 89.4 Å². The smallest absolute Gasteiger partial charge is 0.407 e.